The van der Waals surface area contributed by atoms with Crippen LogP contribution in [0.25, 0.3) is 11.1 Å². The Bertz CT molecular complexity index is 865. The highest BCUT2D eigenvalue weighted by Crippen LogP contribution is 2.66. The van der Waals surface area contributed by atoms with Gasteiger partial charge in [0.1, 0.15) is 5.52 Å². The van der Waals surface area contributed by atoms with Crippen LogP contribution in [0.4, 0.5) is 5.69 Å². The SMILES string of the molecule is CC.CC.CCC1(C)CC1(C)C(=O)N(C)c1ccc2oc(C3CCCCCCC3)nc2c1. The Labute approximate surface area is 196 Å². The van der Waals surface area contributed by atoms with Gasteiger partial charge in [-0.05, 0) is 49.3 Å². The van der Waals surface area contributed by atoms with Crippen LogP contribution in [-0.4, -0.2) is 17.9 Å². The van der Waals surface area contributed by atoms with Crippen molar-refractivity contribution in [1.82, 2.24) is 4.98 Å². The molecular weight excluding hydrogens is 396 g/mol. The Morgan fingerprint density at radius 1 is 1.06 bits per heavy atom. The van der Waals surface area contributed by atoms with Gasteiger partial charge in [-0.25, -0.2) is 4.98 Å². The fourth-order valence-electron chi connectivity index (χ4n) is 5.09. The second kappa shape index (κ2) is 11.3. The Morgan fingerprint density at radius 2 is 1.66 bits per heavy atom. The lowest BCUT2D eigenvalue weighted by Gasteiger charge is -2.24. The predicted molar refractivity (Wildman–Crippen MR) is 136 cm³/mol. The summed E-state index contributed by atoms with van der Waals surface area (Å²) in [5.74, 6) is 1.53. The number of benzene rings is 1. The molecule has 0 aliphatic heterocycles. The minimum atomic E-state index is -0.251. The molecule has 1 heterocycles. The van der Waals surface area contributed by atoms with E-state index in [1.165, 1.54) is 44.9 Å². The molecule has 2 unspecified atom stereocenters. The third-order valence-corrected chi connectivity index (χ3v) is 7.74. The molecule has 2 aliphatic carbocycles. The van der Waals surface area contributed by atoms with Gasteiger partial charge in [0.05, 0.1) is 5.41 Å². The smallest absolute Gasteiger partial charge is 0.233 e. The van der Waals surface area contributed by atoms with Crippen LogP contribution in [0.15, 0.2) is 22.6 Å². The number of carbonyl (C=O) groups is 1. The van der Waals surface area contributed by atoms with Crippen molar-refractivity contribution in [3.63, 3.8) is 0 Å². The summed E-state index contributed by atoms with van der Waals surface area (Å²) in [5, 5.41) is 0. The van der Waals surface area contributed by atoms with Crippen LogP contribution in [-0.2, 0) is 4.79 Å². The zero-order chi connectivity index (χ0) is 23.9. The number of oxazole rings is 1. The van der Waals surface area contributed by atoms with Crippen LogP contribution in [0.5, 0.6) is 0 Å². The van der Waals surface area contributed by atoms with Crippen LogP contribution in [0, 0.1) is 10.8 Å². The first kappa shape index (κ1) is 26.4. The Kier molecular flexibility index (Phi) is 9.36. The van der Waals surface area contributed by atoms with Crippen molar-refractivity contribution < 1.29 is 9.21 Å². The summed E-state index contributed by atoms with van der Waals surface area (Å²) in [7, 11) is 1.89. The largest absolute Gasteiger partial charge is 0.440 e. The van der Waals surface area contributed by atoms with E-state index in [9.17, 15) is 4.79 Å². The normalized spacial score (nSPS) is 25.5. The lowest BCUT2D eigenvalue weighted by Crippen LogP contribution is -2.35. The third-order valence-electron chi connectivity index (χ3n) is 7.74. The van der Waals surface area contributed by atoms with E-state index in [1.807, 2.05) is 57.8 Å². The molecule has 2 saturated carbocycles. The minimum Gasteiger partial charge on any atom is -0.440 e. The number of nitrogens with zero attached hydrogens (tertiary/aromatic N) is 2. The maximum Gasteiger partial charge on any atom is 0.233 e. The monoisotopic (exact) mass is 442 g/mol. The second-order valence-corrected chi connectivity index (χ2v) is 9.53. The number of hydrogen-bond donors (Lipinski definition) is 0. The Morgan fingerprint density at radius 3 is 2.22 bits per heavy atom. The van der Waals surface area contributed by atoms with Gasteiger partial charge >= 0.3 is 0 Å². The van der Waals surface area contributed by atoms with Crippen molar-refractivity contribution in [2.75, 3.05) is 11.9 Å². The van der Waals surface area contributed by atoms with Gasteiger partial charge in [0, 0.05) is 18.7 Å². The Balaban J connectivity index is 0.000000860. The molecule has 2 aromatic rings. The van der Waals surface area contributed by atoms with E-state index in [0.29, 0.717) is 5.92 Å². The van der Waals surface area contributed by atoms with Gasteiger partial charge in [0.15, 0.2) is 11.5 Å². The molecule has 4 nitrogen and oxygen atoms in total. The van der Waals surface area contributed by atoms with Crippen LogP contribution in [0.2, 0.25) is 0 Å². The van der Waals surface area contributed by atoms with E-state index in [4.69, 9.17) is 9.40 Å². The van der Waals surface area contributed by atoms with Crippen molar-refractivity contribution in [3.05, 3.63) is 24.1 Å². The number of anilines is 1. The van der Waals surface area contributed by atoms with Gasteiger partial charge in [-0.1, -0.05) is 80.6 Å². The number of rotatable bonds is 4. The van der Waals surface area contributed by atoms with Crippen LogP contribution < -0.4 is 4.90 Å². The summed E-state index contributed by atoms with van der Waals surface area (Å²) in [4.78, 5) is 19.8. The average Bonchev–Trinajstić information content (AvgIpc) is 3.15. The standard InChI is InChI=1S/C24H34N2O2.2C2H6/c1-5-23(2)16-24(23,3)22(27)26(4)18-13-14-20-19(15-18)25-21(28-20)17-11-9-7-6-8-10-12-17;2*1-2/h13-15,17H,5-12,16H2,1-4H3;2*1-2H3. The molecule has 0 radical (unpaired) electrons. The van der Waals surface area contributed by atoms with Crippen molar-refractivity contribution in [1.29, 1.82) is 0 Å². The summed E-state index contributed by atoms with van der Waals surface area (Å²) in [6, 6.07) is 5.97. The summed E-state index contributed by atoms with van der Waals surface area (Å²) in [6.45, 7) is 14.5. The summed E-state index contributed by atoms with van der Waals surface area (Å²) in [5.41, 5.74) is 2.48. The van der Waals surface area contributed by atoms with E-state index in [1.54, 1.807) is 0 Å². The van der Waals surface area contributed by atoms with Crippen LogP contribution in [0.3, 0.4) is 0 Å². The maximum atomic E-state index is 13.1. The quantitative estimate of drug-likeness (QED) is 0.477. The fraction of sp³-hybridized carbons (Fsp3) is 0.714. The first-order valence-corrected chi connectivity index (χ1v) is 13.1. The molecule has 0 saturated heterocycles. The first-order chi connectivity index (χ1) is 15.4. The van der Waals surface area contributed by atoms with Gasteiger partial charge < -0.3 is 9.32 Å². The number of fused-ring (bicyclic) bond motifs is 1. The topological polar surface area (TPSA) is 46.3 Å². The zero-order valence-corrected chi connectivity index (χ0v) is 21.9. The molecule has 0 bridgehead atoms. The molecule has 4 rings (SSSR count). The van der Waals surface area contributed by atoms with Gasteiger partial charge in [0.2, 0.25) is 5.91 Å². The Hall–Kier alpha value is -1.84. The highest BCUT2D eigenvalue weighted by atomic mass is 16.3. The van der Waals surface area contributed by atoms with Crippen molar-refractivity contribution in [2.45, 2.75) is 112 Å². The maximum absolute atomic E-state index is 13.1. The summed E-state index contributed by atoms with van der Waals surface area (Å²) < 4.78 is 6.11. The molecule has 0 spiro atoms. The van der Waals surface area contributed by atoms with E-state index in [-0.39, 0.29) is 16.7 Å². The van der Waals surface area contributed by atoms with E-state index >= 15 is 0 Å². The lowest BCUT2D eigenvalue weighted by atomic mass is 9.91. The number of aromatic nitrogens is 1. The van der Waals surface area contributed by atoms with E-state index < -0.39 is 0 Å². The molecular formula is C28H46N2O2. The molecule has 1 aromatic carbocycles. The fourth-order valence-corrected chi connectivity index (χ4v) is 5.09. The molecule has 1 aromatic heterocycles. The van der Waals surface area contributed by atoms with Gasteiger partial charge in [-0.2, -0.15) is 0 Å². The zero-order valence-electron chi connectivity index (χ0n) is 21.9. The lowest BCUT2D eigenvalue weighted by molar-refractivity contribution is -0.124. The van der Waals surface area contributed by atoms with Crippen molar-refractivity contribution >= 4 is 22.7 Å². The highest BCUT2D eigenvalue weighted by molar-refractivity contribution is 6.00. The molecule has 2 fully saturated rings. The van der Waals surface area contributed by atoms with Gasteiger partial charge in [-0.3, -0.25) is 4.79 Å². The predicted octanol–water partition coefficient (Wildman–Crippen LogP) is 8.50. The van der Waals surface area contributed by atoms with Crippen LogP contribution in [0.1, 0.15) is 118 Å². The number of amides is 1. The molecule has 4 heteroatoms. The highest BCUT2D eigenvalue weighted by Gasteiger charge is 2.65. The average molecular weight is 443 g/mol. The second-order valence-electron chi connectivity index (χ2n) is 9.53. The van der Waals surface area contributed by atoms with Gasteiger partial charge in [0.25, 0.3) is 0 Å². The molecule has 2 aliphatic rings. The first-order valence-electron chi connectivity index (χ1n) is 13.1. The number of carbonyl (C=O) groups excluding carboxylic acids is 1. The molecule has 180 valence electrons. The molecule has 1 amide bonds. The molecule has 0 N–H and O–H groups in total. The van der Waals surface area contributed by atoms with E-state index in [0.717, 1.165) is 35.5 Å². The van der Waals surface area contributed by atoms with Crippen molar-refractivity contribution in [2.24, 2.45) is 10.8 Å². The third kappa shape index (κ3) is 5.21. The van der Waals surface area contributed by atoms with Crippen LogP contribution >= 0.6 is 0 Å². The van der Waals surface area contributed by atoms with Gasteiger partial charge in [-0.15, -0.1) is 0 Å². The molecule has 2 atom stereocenters. The van der Waals surface area contributed by atoms with Crippen molar-refractivity contribution in [3.8, 4) is 0 Å². The summed E-state index contributed by atoms with van der Waals surface area (Å²) in [6.07, 6.45) is 10.9. The summed E-state index contributed by atoms with van der Waals surface area (Å²) >= 11 is 0. The molecule has 32 heavy (non-hydrogen) atoms. The number of hydrogen-bond acceptors (Lipinski definition) is 3. The minimum absolute atomic E-state index is 0.127. The van der Waals surface area contributed by atoms with E-state index in [2.05, 4.69) is 20.8 Å².